The zero-order valence-electron chi connectivity index (χ0n) is 16.6. The molecule has 0 atom stereocenters. The monoisotopic (exact) mass is 423 g/mol. The van der Waals surface area contributed by atoms with Gasteiger partial charge in [-0.2, -0.15) is 5.10 Å². The molecular weight excluding hydrogens is 398 g/mol. The molecule has 2 aromatic heterocycles. The Hall–Kier alpha value is -2.16. The van der Waals surface area contributed by atoms with Crippen LogP contribution in [0.3, 0.4) is 0 Å². The van der Waals surface area contributed by atoms with Gasteiger partial charge in [0.05, 0.1) is 16.8 Å². The number of likely N-dealkylation sites (N-methyl/N-ethyl adjacent to an activating group) is 1. The third-order valence-electron chi connectivity index (χ3n) is 4.09. The number of rotatable bonds is 8. The lowest BCUT2D eigenvalue weighted by atomic mass is 10.3. The van der Waals surface area contributed by atoms with Crippen molar-refractivity contribution in [2.24, 2.45) is 0 Å². The van der Waals surface area contributed by atoms with E-state index in [2.05, 4.69) is 10.1 Å². The maximum Gasteiger partial charge on any atom is 0.280 e. The number of carbonyl (C=O) groups is 1. The van der Waals surface area contributed by atoms with E-state index in [9.17, 15) is 4.79 Å². The van der Waals surface area contributed by atoms with Crippen molar-refractivity contribution in [1.29, 1.82) is 0 Å². The molecule has 9 heteroatoms. The fourth-order valence-corrected chi connectivity index (χ4v) is 3.66. The largest absolute Gasteiger partial charge is 0.494 e. The second kappa shape index (κ2) is 9.86. The summed E-state index contributed by atoms with van der Waals surface area (Å²) in [7, 11) is 3.97. The molecule has 7 nitrogen and oxygen atoms in total. The first-order chi connectivity index (χ1) is 13.0. The van der Waals surface area contributed by atoms with Crippen LogP contribution in [-0.4, -0.2) is 59.4 Å². The number of thiazole rings is 1. The first kappa shape index (κ1) is 22.1. The molecule has 0 aliphatic carbocycles. The van der Waals surface area contributed by atoms with Crippen molar-refractivity contribution in [3.63, 3.8) is 0 Å². The third kappa shape index (κ3) is 5.01. The highest BCUT2D eigenvalue weighted by molar-refractivity contribution is 7.22. The quantitative estimate of drug-likeness (QED) is 0.554. The molecule has 1 aromatic carbocycles. The molecule has 0 aliphatic heterocycles. The summed E-state index contributed by atoms with van der Waals surface area (Å²) in [6.45, 7) is 6.58. The van der Waals surface area contributed by atoms with Gasteiger partial charge in [-0.3, -0.25) is 14.4 Å². The van der Waals surface area contributed by atoms with Crippen molar-refractivity contribution >= 4 is 45.0 Å². The summed E-state index contributed by atoms with van der Waals surface area (Å²) in [5, 5.41) is 5.04. The van der Waals surface area contributed by atoms with Crippen molar-refractivity contribution in [3.8, 4) is 5.75 Å². The van der Waals surface area contributed by atoms with Gasteiger partial charge in [-0.1, -0.05) is 11.3 Å². The van der Waals surface area contributed by atoms with E-state index in [0.29, 0.717) is 24.0 Å². The molecule has 3 aromatic rings. The highest BCUT2D eigenvalue weighted by atomic mass is 35.5. The summed E-state index contributed by atoms with van der Waals surface area (Å²) < 4.78 is 8.33. The van der Waals surface area contributed by atoms with Crippen LogP contribution >= 0.6 is 23.7 Å². The summed E-state index contributed by atoms with van der Waals surface area (Å²) >= 11 is 1.49. The molecule has 152 valence electrons. The molecular formula is C19H26ClN5O2S. The van der Waals surface area contributed by atoms with Crippen molar-refractivity contribution in [3.05, 3.63) is 36.2 Å². The molecule has 0 saturated carbocycles. The lowest BCUT2D eigenvalue weighted by Crippen LogP contribution is -2.37. The van der Waals surface area contributed by atoms with Crippen LogP contribution in [0.25, 0.3) is 10.2 Å². The minimum atomic E-state index is -0.131. The predicted molar refractivity (Wildman–Crippen MR) is 116 cm³/mol. The fourth-order valence-electron chi connectivity index (χ4n) is 2.64. The number of hydrogen-bond donors (Lipinski definition) is 0. The van der Waals surface area contributed by atoms with E-state index in [1.165, 1.54) is 11.3 Å². The van der Waals surface area contributed by atoms with E-state index >= 15 is 0 Å². The fraction of sp³-hybridized carbons (Fsp3) is 0.421. The molecule has 0 N–H and O–H groups in total. The number of fused-ring (bicyclic) bond motifs is 1. The molecule has 3 rings (SSSR count). The first-order valence-corrected chi connectivity index (χ1v) is 9.87. The standard InChI is InChI=1S/C19H25N5O2S.ClH/c1-5-23-10-9-16(21-23)18(25)24(12-11-22(3)4)19-20-15-8-7-14(26-6-2)13-17(15)27-19;/h7-10,13H,5-6,11-12H2,1-4H3;1H. The number of nitrogens with zero attached hydrogens (tertiary/aromatic N) is 5. The number of carbonyl (C=O) groups excluding carboxylic acids is 1. The topological polar surface area (TPSA) is 63.5 Å². The van der Waals surface area contributed by atoms with Gasteiger partial charge in [0.25, 0.3) is 5.91 Å². The van der Waals surface area contributed by atoms with Crippen LogP contribution in [-0.2, 0) is 6.54 Å². The van der Waals surface area contributed by atoms with Gasteiger partial charge in [0.15, 0.2) is 10.8 Å². The normalized spacial score (nSPS) is 10.9. The van der Waals surface area contributed by atoms with E-state index in [1.54, 1.807) is 15.6 Å². The molecule has 0 fully saturated rings. The Morgan fingerprint density at radius 1 is 1.21 bits per heavy atom. The zero-order chi connectivity index (χ0) is 19.4. The molecule has 0 bridgehead atoms. The van der Waals surface area contributed by atoms with Crippen LogP contribution < -0.4 is 9.64 Å². The summed E-state index contributed by atoms with van der Waals surface area (Å²) in [4.78, 5) is 21.6. The second-order valence-electron chi connectivity index (χ2n) is 6.38. The zero-order valence-corrected chi connectivity index (χ0v) is 18.2. The number of hydrogen-bond acceptors (Lipinski definition) is 6. The number of ether oxygens (including phenoxy) is 1. The summed E-state index contributed by atoms with van der Waals surface area (Å²) in [6, 6.07) is 7.57. The lowest BCUT2D eigenvalue weighted by molar-refractivity contribution is 0.0979. The molecule has 2 heterocycles. The number of halogens is 1. The molecule has 1 amide bonds. The Balaban J connectivity index is 0.00000280. The number of aryl methyl sites for hydroxylation is 1. The van der Waals surface area contributed by atoms with E-state index in [1.807, 2.05) is 57.2 Å². The van der Waals surface area contributed by atoms with Crippen molar-refractivity contribution in [1.82, 2.24) is 19.7 Å². The van der Waals surface area contributed by atoms with Crippen LogP contribution in [0.15, 0.2) is 30.5 Å². The first-order valence-electron chi connectivity index (χ1n) is 9.05. The minimum Gasteiger partial charge on any atom is -0.494 e. The Bertz CT molecular complexity index is 924. The number of amides is 1. The summed E-state index contributed by atoms with van der Waals surface area (Å²) in [6.07, 6.45) is 1.82. The second-order valence-corrected chi connectivity index (χ2v) is 7.38. The van der Waals surface area contributed by atoms with Gasteiger partial charge in [-0.25, -0.2) is 4.98 Å². The molecule has 0 aliphatic rings. The number of anilines is 1. The highest BCUT2D eigenvalue weighted by Gasteiger charge is 2.23. The Morgan fingerprint density at radius 2 is 2.00 bits per heavy atom. The summed E-state index contributed by atoms with van der Waals surface area (Å²) in [5.74, 6) is 0.682. The predicted octanol–water partition coefficient (Wildman–Crippen LogP) is 3.54. The molecule has 0 radical (unpaired) electrons. The average Bonchev–Trinajstić information content (AvgIpc) is 3.28. The van der Waals surface area contributed by atoms with Crippen LogP contribution in [0, 0.1) is 0 Å². The van der Waals surface area contributed by atoms with Gasteiger partial charge >= 0.3 is 0 Å². The van der Waals surface area contributed by atoms with Gasteiger partial charge < -0.3 is 9.64 Å². The van der Waals surface area contributed by atoms with E-state index in [4.69, 9.17) is 4.74 Å². The van der Waals surface area contributed by atoms with Gasteiger partial charge in [-0.05, 0) is 52.2 Å². The maximum atomic E-state index is 13.1. The Kier molecular flexibility index (Phi) is 7.79. The van der Waals surface area contributed by atoms with Crippen molar-refractivity contribution in [2.45, 2.75) is 20.4 Å². The molecule has 0 spiro atoms. The maximum absolute atomic E-state index is 13.1. The highest BCUT2D eigenvalue weighted by Crippen LogP contribution is 2.32. The van der Waals surface area contributed by atoms with Gasteiger partial charge in [-0.15, -0.1) is 12.4 Å². The van der Waals surface area contributed by atoms with Crippen LogP contribution in [0.5, 0.6) is 5.75 Å². The van der Waals surface area contributed by atoms with Crippen LogP contribution in [0.4, 0.5) is 5.13 Å². The Morgan fingerprint density at radius 3 is 2.64 bits per heavy atom. The lowest BCUT2D eigenvalue weighted by Gasteiger charge is -2.21. The SMILES string of the molecule is CCOc1ccc2nc(N(CCN(C)C)C(=O)c3ccn(CC)n3)sc2c1.Cl. The Labute approximate surface area is 175 Å². The average molecular weight is 424 g/mol. The molecule has 0 unspecified atom stereocenters. The van der Waals surface area contributed by atoms with E-state index in [0.717, 1.165) is 29.1 Å². The number of aromatic nitrogens is 3. The molecule has 0 saturated heterocycles. The van der Waals surface area contributed by atoms with Crippen LogP contribution in [0.1, 0.15) is 24.3 Å². The van der Waals surface area contributed by atoms with Crippen LogP contribution in [0.2, 0.25) is 0 Å². The van der Waals surface area contributed by atoms with Gasteiger partial charge in [0, 0.05) is 25.8 Å². The minimum absolute atomic E-state index is 0. The third-order valence-corrected chi connectivity index (χ3v) is 5.13. The summed E-state index contributed by atoms with van der Waals surface area (Å²) in [5.41, 5.74) is 1.30. The van der Waals surface area contributed by atoms with Crippen molar-refractivity contribution in [2.75, 3.05) is 38.7 Å². The van der Waals surface area contributed by atoms with Gasteiger partial charge in [0.1, 0.15) is 5.75 Å². The van der Waals surface area contributed by atoms with Gasteiger partial charge in [0.2, 0.25) is 0 Å². The smallest absolute Gasteiger partial charge is 0.280 e. The van der Waals surface area contributed by atoms with E-state index in [-0.39, 0.29) is 18.3 Å². The molecule has 28 heavy (non-hydrogen) atoms. The van der Waals surface area contributed by atoms with Crippen molar-refractivity contribution < 1.29 is 9.53 Å². The number of benzene rings is 1. The van der Waals surface area contributed by atoms with E-state index < -0.39 is 0 Å².